The minimum Gasteiger partial charge on any atom is -0.392 e. The standard InChI is InChI=1S/C13H23N3O3/c1-6-7-15-10(8-11(17)13(3,4)5)12(16(18)19)9(2)14-15/h11,17H,6-8H2,1-5H3. The van der Waals surface area contributed by atoms with E-state index in [-0.39, 0.29) is 17.5 Å². The molecule has 0 radical (unpaired) electrons. The van der Waals surface area contributed by atoms with Crippen LogP contribution in [0.5, 0.6) is 0 Å². The van der Waals surface area contributed by atoms with Gasteiger partial charge in [0.1, 0.15) is 11.4 Å². The lowest BCUT2D eigenvalue weighted by Gasteiger charge is -2.25. The van der Waals surface area contributed by atoms with E-state index in [1.165, 1.54) is 0 Å². The third-order valence-electron chi connectivity index (χ3n) is 3.20. The fourth-order valence-corrected chi connectivity index (χ4v) is 1.95. The van der Waals surface area contributed by atoms with Crippen molar-refractivity contribution in [3.05, 3.63) is 21.5 Å². The summed E-state index contributed by atoms with van der Waals surface area (Å²) >= 11 is 0. The van der Waals surface area contributed by atoms with Gasteiger partial charge in [-0.1, -0.05) is 27.7 Å². The Morgan fingerprint density at radius 3 is 2.47 bits per heavy atom. The molecular weight excluding hydrogens is 246 g/mol. The lowest BCUT2D eigenvalue weighted by Crippen LogP contribution is -2.29. The van der Waals surface area contributed by atoms with Gasteiger partial charge in [-0.3, -0.25) is 14.8 Å². The number of nitro groups is 1. The van der Waals surface area contributed by atoms with E-state index in [9.17, 15) is 15.2 Å². The molecular formula is C13H23N3O3. The van der Waals surface area contributed by atoms with Crippen molar-refractivity contribution in [1.29, 1.82) is 0 Å². The molecule has 0 aliphatic rings. The molecule has 0 bridgehead atoms. The number of aliphatic hydroxyl groups is 1. The van der Waals surface area contributed by atoms with E-state index in [1.54, 1.807) is 11.6 Å². The SMILES string of the molecule is CCCn1nc(C)c([N+](=O)[O-])c1CC(O)C(C)(C)C. The first-order valence-corrected chi connectivity index (χ1v) is 6.57. The fraction of sp³-hybridized carbons (Fsp3) is 0.769. The average molecular weight is 269 g/mol. The van der Waals surface area contributed by atoms with E-state index in [2.05, 4.69) is 5.10 Å². The molecule has 1 atom stereocenters. The van der Waals surface area contributed by atoms with E-state index in [0.29, 0.717) is 17.9 Å². The summed E-state index contributed by atoms with van der Waals surface area (Å²) in [7, 11) is 0. The zero-order valence-electron chi connectivity index (χ0n) is 12.3. The van der Waals surface area contributed by atoms with Crippen LogP contribution in [0.4, 0.5) is 5.69 Å². The summed E-state index contributed by atoms with van der Waals surface area (Å²) in [6, 6.07) is 0. The van der Waals surface area contributed by atoms with Crippen LogP contribution >= 0.6 is 0 Å². The van der Waals surface area contributed by atoms with Crippen LogP contribution in [0.25, 0.3) is 0 Å². The average Bonchev–Trinajstić information content (AvgIpc) is 2.54. The molecule has 6 heteroatoms. The number of aromatic nitrogens is 2. The third kappa shape index (κ3) is 3.53. The van der Waals surface area contributed by atoms with Crippen LogP contribution in [0, 0.1) is 22.5 Å². The van der Waals surface area contributed by atoms with Crippen molar-refractivity contribution in [1.82, 2.24) is 9.78 Å². The van der Waals surface area contributed by atoms with Gasteiger partial charge in [0.15, 0.2) is 0 Å². The predicted octanol–water partition coefficient (Wildman–Crippen LogP) is 2.46. The summed E-state index contributed by atoms with van der Waals surface area (Å²) in [6.45, 7) is 10.00. The van der Waals surface area contributed by atoms with Gasteiger partial charge in [0.2, 0.25) is 0 Å². The molecule has 1 rings (SSSR count). The van der Waals surface area contributed by atoms with Crippen LogP contribution in [0.3, 0.4) is 0 Å². The van der Waals surface area contributed by atoms with Gasteiger partial charge in [0.25, 0.3) is 0 Å². The molecule has 0 aromatic carbocycles. The number of rotatable bonds is 5. The van der Waals surface area contributed by atoms with Crippen LogP contribution in [-0.2, 0) is 13.0 Å². The summed E-state index contributed by atoms with van der Waals surface area (Å²) in [5.41, 5.74) is 0.654. The maximum Gasteiger partial charge on any atom is 0.313 e. The molecule has 0 amide bonds. The van der Waals surface area contributed by atoms with Gasteiger partial charge >= 0.3 is 5.69 Å². The fourth-order valence-electron chi connectivity index (χ4n) is 1.95. The maximum atomic E-state index is 11.2. The normalized spacial score (nSPS) is 13.6. The van der Waals surface area contributed by atoms with Gasteiger partial charge in [-0.25, -0.2) is 0 Å². The van der Waals surface area contributed by atoms with Gasteiger partial charge in [-0.2, -0.15) is 5.10 Å². The minimum atomic E-state index is -0.641. The lowest BCUT2D eigenvalue weighted by molar-refractivity contribution is -0.386. The Morgan fingerprint density at radius 1 is 1.47 bits per heavy atom. The molecule has 6 nitrogen and oxygen atoms in total. The highest BCUT2D eigenvalue weighted by molar-refractivity contribution is 5.41. The Hall–Kier alpha value is -1.43. The van der Waals surface area contributed by atoms with Gasteiger partial charge in [0.05, 0.1) is 11.0 Å². The molecule has 1 aromatic heterocycles. The molecule has 1 unspecified atom stereocenters. The van der Waals surface area contributed by atoms with Crippen molar-refractivity contribution in [3.63, 3.8) is 0 Å². The molecule has 0 spiro atoms. The summed E-state index contributed by atoms with van der Waals surface area (Å²) < 4.78 is 1.66. The van der Waals surface area contributed by atoms with Gasteiger partial charge in [0, 0.05) is 13.0 Å². The molecule has 1 aromatic rings. The topological polar surface area (TPSA) is 81.2 Å². The van der Waals surface area contributed by atoms with Crippen LogP contribution in [0.1, 0.15) is 45.5 Å². The molecule has 108 valence electrons. The number of aliphatic hydroxyl groups excluding tert-OH is 1. The Morgan fingerprint density at radius 2 is 2.05 bits per heavy atom. The number of aryl methyl sites for hydroxylation is 2. The minimum absolute atomic E-state index is 0.0387. The Labute approximate surface area is 113 Å². The monoisotopic (exact) mass is 269 g/mol. The Balaban J connectivity index is 3.18. The van der Waals surface area contributed by atoms with Crippen molar-refractivity contribution in [2.75, 3.05) is 0 Å². The van der Waals surface area contributed by atoms with Crippen molar-refractivity contribution >= 4 is 5.69 Å². The van der Waals surface area contributed by atoms with E-state index in [4.69, 9.17) is 0 Å². The first-order chi connectivity index (χ1) is 8.68. The van der Waals surface area contributed by atoms with E-state index < -0.39 is 11.0 Å². The molecule has 1 N–H and O–H groups in total. The highest BCUT2D eigenvalue weighted by atomic mass is 16.6. The molecule has 0 aliphatic carbocycles. The molecule has 0 fully saturated rings. The zero-order chi connectivity index (χ0) is 14.8. The quantitative estimate of drug-likeness (QED) is 0.657. The van der Waals surface area contributed by atoms with E-state index in [0.717, 1.165) is 6.42 Å². The second-order valence-electron chi connectivity index (χ2n) is 5.95. The second kappa shape index (κ2) is 5.69. The third-order valence-corrected chi connectivity index (χ3v) is 3.20. The smallest absolute Gasteiger partial charge is 0.313 e. The van der Waals surface area contributed by atoms with Crippen LogP contribution in [0.15, 0.2) is 0 Å². The zero-order valence-corrected chi connectivity index (χ0v) is 12.3. The number of hydrogen-bond acceptors (Lipinski definition) is 4. The van der Waals surface area contributed by atoms with Crippen LogP contribution < -0.4 is 0 Å². The maximum absolute atomic E-state index is 11.2. The van der Waals surface area contributed by atoms with Crippen molar-refractivity contribution < 1.29 is 10.0 Å². The predicted molar refractivity (Wildman–Crippen MR) is 73.1 cm³/mol. The van der Waals surface area contributed by atoms with Gasteiger partial charge in [-0.15, -0.1) is 0 Å². The highest BCUT2D eigenvalue weighted by Gasteiger charge is 2.30. The van der Waals surface area contributed by atoms with E-state index in [1.807, 2.05) is 27.7 Å². The van der Waals surface area contributed by atoms with Crippen LogP contribution in [0.2, 0.25) is 0 Å². The highest BCUT2D eigenvalue weighted by Crippen LogP contribution is 2.29. The number of nitrogens with zero attached hydrogens (tertiary/aromatic N) is 3. The molecule has 0 saturated heterocycles. The first kappa shape index (κ1) is 15.6. The van der Waals surface area contributed by atoms with Crippen molar-refractivity contribution in [3.8, 4) is 0 Å². The van der Waals surface area contributed by atoms with E-state index >= 15 is 0 Å². The summed E-state index contributed by atoms with van der Waals surface area (Å²) in [5, 5.41) is 25.6. The van der Waals surface area contributed by atoms with Gasteiger partial charge in [-0.05, 0) is 18.8 Å². The van der Waals surface area contributed by atoms with Crippen molar-refractivity contribution in [2.24, 2.45) is 5.41 Å². The number of hydrogen-bond donors (Lipinski definition) is 1. The summed E-state index contributed by atoms with van der Waals surface area (Å²) in [5.74, 6) is 0. The lowest BCUT2D eigenvalue weighted by atomic mass is 9.86. The summed E-state index contributed by atoms with van der Waals surface area (Å²) in [6.07, 6.45) is 0.454. The molecule has 0 saturated carbocycles. The largest absolute Gasteiger partial charge is 0.392 e. The molecule has 19 heavy (non-hydrogen) atoms. The molecule has 0 aliphatic heterocycles. The summed E-state index contributed by atoms with van der Waals surface area (Å²) in [4.78, 5) is 10.8. The van der Waals surface area contributed by atoms with Gasteiger partial charge < -0.3 is 5.11 Å². The van der Waals surface area contributed by atoms with Crippen molar-refractivity contribution in [2.45, 2.75) is 60.1 Å². The van der Waals surface area contributed by atoms with Crippen LogP contribution in [-0.4, -0.2) is 25.9 Å². The molecule has 1 heterocycles. The Bertz CT molecular complexity index is 460. The Kier molecular flexibility index (Phi) is 4.68. The second-order valence-corrected chi connectivity index (χ2v) is 5.95. The first-order valence-electron chi connectivity index (χ1n) is 6.57.